The molecule has 1 aromatic carbocycles. The summed E-state index contributed by atoms with van der Waals surface area (Å²) in [7, 11) is 5.21. The second kappa shape index (κ2) is 8.11. The van der Waals surface area contributed by atoms with Crippen LogP contribution in [0.4, 0.5) is 0 Å². The second-order valence-corrected chi connectivity index (χ2v) is 3.74. The van der Waals surface area contributed by atoms with Crippen LogP contribution < -0.4 is 0 Å². The van der Waals surface area contributed by atoms with Crippen molar-refractivity contribution in [3.8, 4) is 0 Å². The summed E-state index contributed by atoms with van der Waals surface area (Å²) in [6.45, 7) is 1.35. The van der Waals surface area contributed by atoms with E-state index in [-0.39, 0.29) is 12.1 Å². The first kappa shape index (κ1) is 13.0. The van der Waals surface area contributed by atoms with Crippen LogP contribution in [-0.4, -0.2) is 20.2 Å². The molecule has 3 heteroatoms. The van der Waals surface area contributed by atoms with Gasteiger partial charge in [-0.3, -0.25) is 0 Å². The number of hydrogen-bond donors (Lipinski definition) is 0. The predicted molar refractivity (Wildman–Crippen MR) is 65.5 cm³/mol. The maximum absolute atomic E-state index is 10.9. The van der Waals surface area contributed by atoms with E-state index in [2.05, 4.69) is 0 Å². The summed E-state index contributed by atoms with van der Waals surface area (Å²) < 4.78 is 5.49. The summed E-state index contributed by atoms with van der Waals surface area (Å²) in [5, 5.41) is 0. The van der Waals surface area contributed by atoms with Crippen LogP contribution in [0.25, 0.3) is 0 Å². The van der Waals surface area contributed by atoms with Gasteiger partial charge >= 0.3 is 0 Å². The molecule has 0 saturated carbocycles. The van der Waals surface area contributed by atoms with Gasteiger partial charge in [-0.2, -0.15) is 0 Å². The van der Waals surface area contributed by atoms with E-state index in [1.165, 1.54) is 5.56 Å². The minimum absolute atomic E-state index is 0.128. The third-order valence-electron chi connectivity index (χ3n) is 2.33. The molecule has 1 rings (SSSR count). The minimum atomic E-state index is 0.128. The molecule has 2 radical (unpaired) electrons. The Morgan fingerprint density at radius 2 is 1.94 bits per heavy atom. The van der Waals surface area contributed by atoms with Gasteiger partial charge in [0.25, 0.3) is 0 Å². The van der Waals surface area contributed by atoms with Crippen LogP contribution in [0.1, 0.15) is 24.8 Å². The molecule has 2 nitrogen and oxygen atoms in total. The molecular weight excluding hydrogens is 199 g/mol. The van der Waals surface area contributed by atoms with Gasteiger partial charge in [0.15, 0.2) is 0 Å². The van der Waals surface area contributed by atoms with Crippen LogP contribution in [0, 0.1) is 0 Å². The average Bonchev–Trinajstić information content (AvgIpc) is 2.34. The molecule has 0 unspecified atom stereocenters. The number of carbonyl (C=O) groups is 1. The SMILES string of the molecule is [B]CC(=O)CCCCOCc1ccccc1. The highest BCUT2D eigenvalue weighted by Crippen LogP contribution is 2.03. The van der Waals surface area contributed by atoms with Gasteiger partial charge in [-0.15, -0.1) is 0 Å². The highest BCUT2D eigenvalue weighted by Gasteiger charge is 1.97. The van der Waals surface area contributed by atoms with Gasteiger partial charge in [0.1, 0.15) is 5.78 Å². The van der Waals surface area contributed by atoms with Crippen molar-refractivity contribution in [3.05, 3.63) is 35.9 Å². The quantitative estimate of drug-likeness (QED) is 0.493. The van der Waals surface area contributed by atoms with Crippen LogP contribution in [0.2, 0.25) is 6.32 Å². The fourth-order valence-electron chi connectivity index (χ4n) is 1.39. The Kier molecular flexibility index (Phi) is 6.58. The fourth-order valence-corrected chi connectivity index (χ4v) is 1.39. The third-order valence-corrected chi connectivity index (χ3v) is 2.33. The van der Waals surface area contributed by atoms with Gasteiger partial charge in [0, 0.05) is 13.0 Å². The Hall–Kier alpha value is -1.09. The predicted octanol–water partition coefficient (Wildman–Crippen LogP) is 2.53. The van der Waals surface area contributed by atoms with E-state index in [1.807, 2.05) is 30.3 Å². The van der Waals surface area contributed by atoms with Crippen molar-refractivity contribution in [1.82, 2.24) is 0 Å². The number of ether oxygens (including phenoxy) is 1. The molecule has 0 saturated heterocycles. The highest BCUT2D eigenvalue weighted by atomic mass is 16.5. The lowest BCUT2D eigenvalue weighted by atomic mass is 9.98. The third kappa shape index (κ3) is 5.71. The second-order valence-electron chi connectivity index (χ2n) is 3.74. The maximum Gasteiger partial charge on any atom is 0.124 e. The molecule has 0 fully saturated rings. The van der Waals surface area contributed by atoms with Crippen LogP contribution in [0.15, 0.2) is 30.3 Å². The van der Waals surface area contributed by atoms with Gasteiger partial charge in [-0.25, -0.2) is 0 Å². The lowest BCUT2D eigenvalue weighted by Gasteiger charge is -2.03. The summed E-state index contributed by atoms with van der Waals surface area (Å²) in [5.41, 5.74) is 1.18. The van der Waals surface area contributed by atoms with Crippen LogP contribution in [-0.2, 0) is 16.1 Å². The molecule has 0 atom stereocenters. The van der Waals surface area contributed by atoms with E-state index in [4.69, 9.17) is 12.6 Å². The number of unbranched alkanes of at least 4 members (excludes halogenated alkanes) is 1. The fraction of sp³-hybridized carbons (Fsp3) is 0.462. The molecular formula is C13H17BO2. The summed E-state index contributed by atoms with van der Waals surface area (Å²) in [5.74, 6) is 0.128. The van der Waals surface area contributed by atoms with Gasteiger partial charge in [-0.05, 0) is 24.7 Å². The Morgan fingerprint density at radius 1 is 1.19 bits per heavy atom. The van der Waals surface area contributed by atoms with Gasteiger partial charge in [0.2, 0.25) is 0 Å². The van der Waals surface area contributed by atoms with Crippen molar-refractivity contribution >= 4 is 13.6 Å². The largest absolute Gasteiger partial charge is 0.377 e. The standard InChI is InChI=1S/C13H17BO2/c14-10-13(15)8-4-5-9-16-11-12-6-2-1-3-7-12/h1-3,6-7H,4-5,8-11H2. The first-order valence-corrected chi connectivity index (χ1v) is 5.66. The Bertz CT molecular complexity index is 298. The normalized spacial score (nSPS) is 10.2. The molecule has 0 aliphatic carbocycles. The zero-order valence-electron chi connectivity index (χ0n) is 9.52. The Balaban J connectivity index is 1.98. The molecule has 0 heterocycles. The van der Waals surface area contributed by atoms with E-state index in [0.717, 1.165) is 12.8 Å². The first-order chi connectivity index (χ1) is 7.83. The molecule has 0 N–H and O–H groups in total. The Labute approximate surface area is 98.4 Å². The van der Waals surface area contributed by atoms with Gasteiger partial charge in [-0.1, -0.05) is 30.3 Å². The van der Waals surface area contributed by atoms with E-state index in [1.54, 1.807) is 0 Å². The molecule has 0 bridgehead atoms. The zero-order chi connectivity index (χ0) is 11.6. The topological polar surface area (TPSA) is 26.3 Å². The Morgan fingerprint density at radius 3 is 2.62 bits per heavy atom. The minimum Gasteiger partial charge on any atom is -0.377 e. The van der Waals surface area contributed by atoms with E-state index < -0.39 is 0 Å². The molecule has 0 spiro atoms. The molecule has 0 aliphatic heterocycles. The van der Waals surface area contributed by atoms with Crippen molar-refractivity contribution in [2.75, 3.05) is 6.61 Å². The van der Waals surface area contributed by atoms with E-state index in [9.17, 15) is 4.79 Å². The monoisotopic (exact) mass is 216 g/mol. The molecule has 0 aromatic heterocycles. The molecule has 0 aliphatic rings. The van der Waals surface area contributed by atoms with Crippen molar-refractivity contribution in [1.29, 1.82) is 0 Å². The number of carbonyl (C=O) groups excluding carboxylic acids is 1. The summed E-state index contributed by atoms with van der Waals surface area (Å²) in [4.78, 5) is 10.9. The van der Waals surface area contributed by atoms with Gasteiger partial charge < -0.3 is 9.53 Å². The summed E-state index contributed by atoms with van der Waals surface area (Å²) in [6.07, 6.45) is 2.51. The zero-order valence-corrected chi connectivity index (χ0v) is 9.52. The van der Waals surface area contributed by atoms with Crippen LogP contribution >= 0.6 is 0 Å². The summed E-state index contributed by atoms with van der Waals surface area (Å²) in [6, 6.07) is 10.1. The van der Waals surface area contributed by atoms with Gasteiger partial charge in [0.05, 0.1) is 14.5 Å². The van der Waals surface area contributed by atoms with Crippen molar-refractivity contribution < 1.29 is 9.53 Å². The molecule has 84 valence electrons. The number of ketones is 1. The lowest BCUT2D eigenvalue weighted by Crippen LogP contribution is -1.99. The number of benzene rings is 1. The van der Waals surface area contributed by atoms with Crippen molar-refractivity contribution in [2.45, 2.75) is 32.2 Å². The van der Waals surface area contributed by atoms with E-state index in [0.29, 0.717) is 19.6 Å². The van der Waals surface area contributed by atoms with Crippen LogP contribution in [0.3, 0.4) is 0 Å². The molecule has 0 amide bonds. The highest BCUT2D eigenvalue weighted by molar-refractivity contribution is 6.20. The maximum atomic E-state index is 10.9. The van der Waals surface area contributed by atoms with Crippen molar-refractivity contribution in [3.63, 3.8) is 0 Å². The van der Waals surface area contributed by atoms with Crippen molar-refractivity contribution in [2.24, 2.45) is 0 Å². The lowest BCUT2D eigenvalue weighted by molar-refractivity contribution is -0.117. The number of hydrogen-bond acceptors (Lipinski definition) is 2. The number of rotatable bonds is 8. The average molecular weight is 216 g/mol. The molecule has 1 aromatic rings. The number of Topliss-reactive ketones (excluding diaryl/α,β-unsaturated/α-hetero) is 1. The smallest absolute Gasteiger partial charge is 0.124 e. The van der Waals surface area contributed by atoms with Crippen LogP contribution in [0.5, 0.6) is 0 Å². The molecule has 16 heavy (non-hydrogen) atoms. The first-order valence-electron chi connectivity index (χ1n) is 5.66. The summed E-state index contributed by atoms with van der Waals surface area (Å²) >= 11 is 0. The van der Waals surface area contributed by atoms with E-state index >= 15 is 0 Å².